The molecule has 0 fully saturated rings. The molecule has 0 aliphatic rings. The van der Waals surface area contributed by atoms with Crippen molar-refractivity contribution in [2.75, 3.05) is 7.11 Å². The summed E-state index contributed by atoms with van der Waals surface area (Å²) in [6.45, 7) is 0. The zero-order chi connectivity index (χ0) is 14.7. The standard InChI is InChI=1S/C15H14Cl2FNO/c1-20-9-5-6-10(14(18)7-9)15(19)8-11-12(16)3-2-4-13(11)17/h2-7,15H,8,19H2,1H3. The van der Waals surface area contributed by atoms with Crippen LogP contribution in [0.5, 0.6) is 5.75 Å². The molecule has 0 radical (unpaired) electrons. The molecule has 1 atom stereocenters. The Hall–Kier alpha value is -1.29. The molecule has 106 valence electrons. The maximum Gasteiger partial charge on any atom is 0.131 e. The summed E-state index contributed by atoms with van der Waals surface area (Å²) in [5, 5.41) is 1.06. The van der Waals surface area contributed by atoms with Crippen molar-refractivity contribution in [3.8, 4) is 5.75 Å². The zero-order valence-electron chi connectivity index (χ0n) is 10.9. The van der Waals surface area contributed by atoms with Gasteiger partial charge in [-0.25, -0.2) is 4.39 Å². The van der Waals surface area contributed by atoms with Crippen LogP contribution in [-0.4, -0.2) is 7.11 Å². The predicted molar refractivity (Wildman–Crippen MR) is 80.0 cm³/mol. The third-order valence-electron chi connectivity index (χ3n) is 3.09. The van der Waals surface area contributed by atoms with Crippen LogP contribution in [0.1, 0.15) is 17.2 Å². The molecule has 0 aliphatic carbocycles. The van der Waals surface area contributed by atoms with E-state index in [0.29, 0.717) is 27.8 Å². The smallest absolute Gasteiger partial charge is 0.131 e. The second kappa shape index (κ2) is 6.44. The summed E-state index contributed by atoms with van der Waals surface area (Å²) in [6.07, 6.45) is 0.363. The van der Waals surface area contributed by atoms with Crippen LogP contribution < -0.4 is 10.5 Å². The molecule has 0 saturated carbocycles. The molecule has 2 N–H and O–H groups in total. The fourth-order valence-electron chi connectivity index (χ4n) is 1.99. The van der Waals surface area contributed by atoms with Crippen molar-refractivity contribution in [2.45, 2.75) is 12.5 Å². The minimum atomic E-state index is -0.529. The van der Waals surface area contributed by atoms with Crippen molar-refractivity contribution in [1.29, 1.82) is 0 Å². The van der Waals surface area contributed by atoms with Gasteiger partial charge in [-0.05, 0) is 30.2 Å². The Morgan fingerprint density at radius 3 is 2.40 bits per heavy atom. The van der Waals surface area contributed by atoms with E-state index in [9.17, 15) is 4.39 Å². The summed E-state index contributed by atoms with van der Waals surface area (Å²) in [6, 6.07) is 9.30. The van der Waals surface area contributed by atoms with Gasteiger partial charge in [-0.3, -0.25) is 0 Å². The quantitative estimate of drug-likeness (QED) is 0.909. The first kappa shape index (κ1) is 15.1. The number of methoxy groups -OCH3 is 1. The van der Waals surface area contributed by atoms with E-state index < -0.39 is 11.9 Å². The van der Waals surface area contributed by atoms with Crippen LogP contribution >= 0.6 is 23.2 Å². The Morgan fingerprint density at radius 2 is 1.85 bits per heavy atom. The van der Waals surface area contributed by atoms with Gasteiger partial charge in [0.05, 0.1) is 7.11 Å². The average Bonchev–Trinajstić information content (AvgIpc) is 2.42. The van der Waals surface area contributed by atoms with Gasteiger partial charge in [0, 0.05) is 27.7 Å². The Bertz CT molecular complexity index is 599. The number of nitrogens with two attached hydrogens (primary N) is 1. The number of halogens is 3. The van der Waals surface area contributed by atoms with E-state index in [1.54, 1.807) is 30.3 Å². The highest BCUT2D eigenvalue weighted by molar-refractivity contribution is 6.36. The van der Waals surface area contributed by atoms with Gasteiger partial charge in [0.2, 0.25) is 0 Å². The van der Waals surface area contributed by atoms with Crippen molar-refractivity contribution in [3.05, 3.63) is 63.4 Å². The summed E-state index contributed by atoms with van der Waals surface area (Å²) in [4.78, 5) is 0. The largest absolute Gasteiger partial charge is 0.497 e. The summed E-state index contributed by atoms with van der Waals surface area (Å²) in [5.41, 5.74) is 7.18. The molecule has 0 amide bonds. The van der Waals surface area contributed by atoms with Gasteiger partial charge in [0.1, 0.15) is 11.6 Å². The molecule has 0 bridgehead atoms. The SMILES string of the molecule is COc1ccc(C(N)Cc2c(Cl)cccc2Cl)c(F)c1. The molecule has 0 saturated heterocycles. The molecule has 0 aromatic heterocycles. The van der Waals surface area contributed by atoms with E-state index in [-0.39, 0.29) is 0 Å². The number of rotatable bonds is 4. The van der Waals surface area contributed by atoms with E-state index >= 15 is 0 Å². The van der Waals surface area contributed by atoms with Crippen LogP contribution in [0.25, 0.3) is 0 Å². The van der Waals surface area contributed by atoms with E-state index in [2.05, 4.69) is 0 Å². The lowest BCUT2D eigenvalue weighted by atomic mass is 9.99. The topological polar surface area (TPSA) is 35.2 Å². The third-order valence-corrected chi connectivity index (χ3v) is 3.80. The van der Waals surface area contributed by atoms with Crippen molar-refractivity contribution in [2.24, 2.45) is 5.73 Å². The molecule has 1 unspecified atom stereocenters. The summed E-state index contributed by atoms with van der Waals surface area (Å²) < 4.78 is 18.9. The minimum absolute atomic E-state index is 0.363. The lowest BCUT2D eigenvalue weighted by Crippen LogP contribution is -2.15. The van der Waals surface area contributed by atoms with Crippen molar-refractivity contribution < 1.29 is 9.13 Å². The first-order chi connectivity index (χ1) is 9.52. The first-order valence-corrected chi connectivity index (χ1v) is 6.80. The van der Waals surface area contributed by atoms with Crippen LogP contribution in [0.2, 0.25) is 10.0 Å². The summed E-state index contributed by atoms with van der Waals surface area (Å²) >= 11 is 12.2. The van der Waals surface area contributed by atoms with Crippen molar-refractivity contribution in [3.63, 3.8) is 0 Å². The lowest BCUT2D eigenvalue weighted by Gasteiger charge is -2.15. The third kappa shape index (κ3) is 3.23. The fourth-order valence-corrected chi connectivity index (χ4v) is 2.54. The maximum atomic E-state index is 14.0. The van der Waals surface area contributed by atoms with Crippen LogP contribution in [0, 0.1) is 5.82 Å². The van der Waals surface area contributed by atoms with Gasteiger partial charge in [-0.1, -0.05) is 35.3 Å². The van der Waals surface area contributed by atoms with E-state index in [4.69, 9.17) is 33.7 Å². The van der Waals surface area contributed by atoms with Crippen LogP contribution in [0.15, 0.2) is 36.4 Å². The average molecular weight is 314 g/mol. The molecule has 0 aliphatic heterocycles. The Kier molecular flexibility index (Phi) is 4.86. The van der Waals surface area contributed by atoms with Gasteiger partial charge < -0.3 is 10.5 Å². The second-order valence-electron chi connectivity index (χ2n) is 4.40. The number of ether oxygens (including phenoxy) is 1. The van der Waals surface area contributed by atoms with Crippen LogP contribution in [0.4, 0.5) is 4.39 Å². The first-order valence-electron chi connectivity index (χ1n) is 6.05. The normalized spacial score (nSPS) is 12.2. The van der Waals surface area contributed by atoms with Gasteiger partial charge in [0.15, 0.2) is 0 Å². The van der Waals surface area contributed by atoms with Crippen molar-refractivity contribution >= 4 is 23.2 Å². The number of hydrogen-bond donors (Lipinski definition) is 1. The zero-order valence-corrected chi connectivity index (χ0v) is 12.4. The van der Waals surface area contributed by atoms with E-state index in [1.165, 1.54) is 13.2 Å². The van der Waals surface area contributed by atoms with Gasteiger partial charge >= 0.3 is 0 Å². The van der Waals surface area contributed by atoms with E-state index in [1.807, 2.05) is 0 Å². The molecule has 20 heavy (non-hydrogen) atoms. The monoisotopic (exact) mass is 313 g/mol. The minimum Gasteiger partial charge on any atom is -0.497 e. The predicted octanol–water partition coefficient (Wildman–Crippen LogP) is 4.38. The molecule has 2 rings (SSSR count). The fraction of sp³-hybridized carbons (Fsp3) is 0.200. The Balaban J connectivity index is 2.26. The molecule has 0 heterocycles. The highest BCUT2D eigenvalue weighted by Gasteiger charge is 2.16. The maximum absolute atomic E-state index is 14.0. The summed E-state index contributed by atoms with van der Waals surface area (Å²) in [5.74, 6) is 0.0502. The van der Waals surface area contributed by atoms with Gasteiger partial charge in [-0.2, -0.15) is 0 Å². The molecule has 0 spiro atoms. The number of benzene rings is 2. The van der Waals surface area contributed by atoms with Crippen LogP contribution in [0.3, 0.4) is 0 Å². The second-order valence-corrected chi connectivity index (χ2v) is 5.21. The summed E-state index contributed by atoms with van der Waals surface area (Å²) in [7, 11) is 1.48. The molecule has 2 nitrogen and oxygen atoms in total. The van der Waals surface area contributed by atoms with Crippen molar-refractivity contribution in [1.82, 2.24) is 0 Å². The molecular weight excluding hydrogens is 300 g/mol. The molecule has 2 aromatic rings. The van der Waals surface area contributed by atoms with E-state index in [0.717, 1.165) is 5.56 Å². The number of hydrogen-bond acceptors (Lipinski definition) is 2. The highest BCUT2D eigenvalue weighted by atomic mass is 35.5. The highest BCUT2D eigenvalue weighted by Crippen LogP contribution is 2.30. The molecule has 5 heteroatoms. The van der Waals surface area contributed by atoms with Crippen LogP contribution in [-0.2, 0) is 6.42 Å². The molecular formula is C15H14Cl2FNO. The molecule has 2 aromatic carbocycles. The Labute approximate surface area is 127 Å². The lowest BCUT2D eigenvalue weighted by molar-refractivity contribution is 0.410. The Morgan fingerprint density at radius 1 is 1.20 bits per heavy atom. The van der Waals surface area contributed by atoms with Gasteiger partial charge in [0.25, 0.3) is 0 Å². The van der Waals surface area contributed by atoms with Gasteiger partial charge in [-0.15, -0.1) is 0 Å².